The first kappa shape index (κ1) is 18.8. The molecule has 0 saturated heterocycles. The second-order valence-corrected chi connectivity index (χ2v) is 7.09. The van der Waals surface area contributed by atoms with E-state index >= 15 is 0 Å². The molecule has 132 valence electrons. The van der Waals surface area contributed by atoms with E-state index in [4.69, 9.17) is 0 Å². The third-order valence-corrected chi connectivity index (χ3v) is 5.66. The zero-order chi connectivity index (χ0) is 17.5. The highest BCUT2D eigenvalue weighted by molar-refractivity contribution is 5.82. The number of rotatable bonds is 2. The largest absolute Gasteiger partial charge is 0.353 e. The van der Waals surface area contributed by atoms with Gasteiger partial charge in [-0.1, -0.05) is 77.0 Å². The van der Waals surface area contributed by atoms with Crippen molar-refractivity contribution in [3.63, 3.8) is 0 Å². The summed E-state index contributed by atoms with van der Waals surface area (Å²) in [6, 6.07) is 8.81. The molecular formula is C22H33NO. The van der Waals surface area contributed by atoms with Crippen LogP contribution in [0.3, 0.4) is 0 Å². The molecular weight excluding hydrogens is 294 g/mol. The Bertz CT molecular complexity index is 563. The summed E-state index contributed by atoms with van der Waals surface area (Å²) < 4.78 is 0. The van der Waals surface area contributed by atoms with Gasteiger partial charge in [-0.25, -0.2) is 0 Å². The van der Waals surface area contributed by atoms with Gasteiger partial charge in [0.1, 0.15) is 0 Å². The minimum atomic E-state index is 0.0110. The van der Waals surface area contributed by atoms with Crippen LogP contribution < -0.4 is 5.32 Å². The van der Waals surface area contributed by atoms with Crippen LogP contribution in [0.2, 0.25) is 0 Å². The molecule has 0 bridgehead atoms. The van der Waals surface area contributed by atoms with E-state index in [1.54, 1.807) is 0 Å². The highest BCUT2D eigenvalue weighted by Gasteiger charge is 2.29. The van der Waals surface area contributed by atoms with Gasteiger partial charge in [-0.05, 0) is 42.2 Å². The van der Waals surface area contributed by atoms with Crippen molar-refractivity contribution in [1.29, 1.82) is 0 Å². The summed E-state index contributed by atoms with van der Waals surface area (Å²) in [5.41, 5.74) is 2.62. The molecule has 2 aliphatic carbocycles. The number of nitrogens with one attached hydrogen (secondary N) is 1. The Balaban J connectivity index is 0.00000100. The average Bonchev–Trinajstić information content (AvgIpc) is 2.83. The number of hydrogen-bond donors (Lipinski definition) is 1. The van der Waals surface area contributed by atoms with E-state index in [2.05, 4.69) is 55.6 Å². The van der Waals surface area contributed by atoms with Crippen LogP contribution in [0, 0.1) is 17.8 Å². The van der Waals surface area contributed by atoms with Crippen molar-refractivity contribution in [2.24, 2.45) is 17.8 Å². The lowest BCUT2D eigenvalue weighted by Gasteiger charge is -2.35. The van der Waals surface area contributed by atoms with Gasteiger partial charge < -0.3 is 5.32 Å². The first-order valence-corrected chi connectivity index (χ1v) is 9.71. The molecule has 0 aromatic heterocycles. The summed E-state index contributed by atoms with van der Waals surface area (Å²) in [4.78, 5) is 12.7. The molecule has 2 heteroatoms. The number of amides is 1. The van der Waals surface area contributed by atoms with Crippen molar-refractivity contribution in [2.75, 3.05) is 0 Å². The summed E-state index contributed by atoms with van der Waals surface area (Å²) in [6.07, 6.45) is 9.79. The summed E-state index contributed by atoms with van der Waals surface area (Å²) in [5.74, 6) is 1.53. The second kappa shape index (κ2) is 9.05. The maximum atomic E-state index is 12.7. The van der Waals surface area contributed by atoms with Gasteiger partial charge in [0.2, 0.25) is 5.91 Å². The number of hydrogen-bond acceptors (Lipinski definition) is 1. The maximum absolute atomic E-state index is 12.7. The molecule has 1 amide bonds. The molecule has 0 spiro atoms. The highest BCUT2D eigenvalue weighted by Crippen LogP contribution is 2.30. The van der Waals surface area contributed by atoms with Crippen LogP contribution in [-0.4, -0.2) is 11.9 Å². The smallest absolute Gasteiger partial charge is 0.227 e. The molecule has 0 radical (unpaired) electrons. The van der Waals surface area contributed by atoms with Gasteiger partial charge in [-0.2, -0.15) is 0 Å². The predicted molar refractivity (Wildman–Crippen MR) is 103 cm³/mol. The molecule has 0 aliphatic heterocycles. The normalized spacial score (nSPS) is 28.8. The van der Waals surface area contributed by atoms with Gasteiger partial charge in [0.25, 0.3) is 0 Å². The number of aryl methyl sites for hydroxylation is 1. The first-order valence-electron chi connectivity index (χ1n) is 9.71. The van der Waals surface area contributed by atoms with Crippen molar-refractivity contribution < 1.29 is 4.79 Å². The maximum Gasteiger partial charge on any atom is 0.227 e. The van der Waals surface area contributed by atoms with Crippen molar-refractivity contribution >= 4 is 12.0 Å². The Kier molecular flexibility index (Phi) is 7.08. The summed E-state index contributed by atoms with van der Waals surface area (Å²) in [6.45, 7) is 8.60. The summed E-state index contributed by atoms with van der Waals surface area (Å²) in [5, 5.41) is 3.33. The van der Waals surface area contributed by atoms with E-state index in [1.807, 2.05) is 13.8 Å². The lowest BCUT2D eigenvalue weighted by atomic mass is 9.78. The van der Waals surface area contributed by atoms with Gasteiger partial charge in [-0.3, -0.25) is 4.79 Å². The number of carbonyl (C=O) groups is 1. The quantitative estimate of drug-likeness (QED) is 0.792. The van der Waals surface area contributed by atoms with Crippen LogP contribution in [0.15, 0.2) is 30.3 Å². The SMILES string of the molecule is CC.CC1CCCC(NC(=O)C2C=Cc3ccccc3CC2)C1C. The summed E-state index contributed by atoms with van der Waals surface area (Å²) in [7, 11) is 0. The molecule has 1 N–H and O–H groups in total. The standard InChI is InChI=1S/C20H27NO.C2H6/c1-14-6-5-9-19(15(14)2)21-20(22)18-12-10-16-7-3-4-8-17(16)11-13-18;1-2/h3-4,7-8,10,12,14-15,18-19H,5-6,9,11,13H2,1-2H3,(H,21,22);1-2H3. The Morgan fingerprint density at radius 2 is 1.83 bits per heavy atom. The lowest BCUT2D eigenvalue weighted by molar-refractivity contribution is -0.125. The zero-order valence-corrected chi connectivity index (χ0v) is 15.7. The first-order chi connectivity index (χ1) is 11.6. The van der Waals surface area contributed by atoms with E-state index in [9.17, 15) is 4.79 Å². The molecule has 24 heavy (non-hydrogen) atoms. The van der Waals surface area contributed by atoms with Gasteiger partial charge >= 0.3 is 0 Å². The third-order valence-electron chi connectivity index (χ3n) is 5.66. The minimum Gasteiger partial charge on any atom is -0.353 e. The molecule has 1 fully saturated rings. The van der Waals surface area contributed by atoms with Crippen LogP contribution in [0.4, 0.5) is 0 Å². The predicted octanol–water partition coefficient (Wildman–Crippen LogP) is 5.23. The minimum absolute atomic E-state index is 0.0110. The van der Waals surface area contributed by atoms with E-state index in [0.717, 1.165) is 19.3 Å². The van der Waals surface area contributed by atoms with E-state index in [0.29, 0.717) is 17.9 Å². The molecule has 1 aromatic rings. The van der Waals surface area contributed by atoms with E-state index < -0.39 is 0 Å². The second-order valence-electron chi connectivity index (χ2n) is 7.09. The fourth-order valence-electron chi connectivity index (χ4n) is 3.85. The lowest BCUT2D eigenvalue weighted by Crippen LogP contribution is -2.45. The van der Waals surface area contributed by atoms with Crippen molar-refractivity contribution in [1.82, 2.24) is 5.32 Å². The van der Waals surface area contributed by atoms with Crippen molar-refractivity contribution in [3.05, 3.63) is 41.5 Å². The van der Waals surface area contributed by atoms with Crippen LogP contribution >= 0.6 is 0 Å². The topological polar surface area (TPSA) is 29.1 Å². The van der Waals surface area contributed by atoms with Crippen molar-refractivity contribution in [3.8, 4) is 0 Å². The number of carbonyl (C=O) groups excluding carboxylic acids is 1. The molecule has 4 atom stereocenters. The molecule has 1 saturated carbocycles. The van der Waals surface area contributed by atoms with Crippen LogP contribution in [0.5, 0.6) is 0 Å². The van der Waals surface area contributed by atoms with E-state index in [1.165, 1.54) is 24.0 Å². The molecule has 0 heterocycles. The van der Waals surface area contributed by atoms with Gasteiger partial charge in [0.05, 0.1) is 5.92 Å². The Hall–Kier alpha value is -1.57. The highest BCUT2D eigenvalue weighted by atomic mass is 16.1. The van der Waals surface area contributed by atoms with Crippen LogP contribution in [-0.2, 0) is 11.2 Å². The number of fused-ring (bicyclic) bond motifs is 1. The van der Waals surface area contributed by atoms with Gasteiger partial charge in [0, 0.05) is 6.04 Å². The molecule has 2 nitrogen and oxygen atoms in total. The van der Waals surface area contributed by atoms with Crippen LogP contribution in [0.25, 0.3) is 6.08 Å². The fourth-order valence-corrected chi connectivity index (χ4v) is 3.85. The third kappa shape index (κ3) is 4.49. The Morgan fingerprint density at radius 1 is 1.08 bits per heavy atom. The Labute approximate surface area is 147 Å². The van der Waals surface area contributed by atoms with Crippen molar-refractivity contribution in [2.45, 2.75) is 65.8 Å². The molecule has 4 unspecified atom stereocenters. The summed E-state index contributed by atoms with van der Waals surface area (Å²) >= 11 is 0. The van der Waals surface area contributed by atoms with Gasteiger partial charge in [-0.15, -0.1) is 0 Å². The number of benzene rings is 1. The average molecular weight is 328 g/mol. The van der Waals surface area contributed by atoms with Gasteiger partial charge in [0.15, 0.2) is 0 Å². The van der Waals surface area contributed by atoms with Crippen LogP contribution in [0.1, 0.15) is 64.5 Å². The zero-order valence-electron chi connectivity index (χ0n) is 15.7. The fraction of sp³-hybridized carbons (Fsp3) is 0.591. The van der Waals surface area contributed by atoms with E-state index in [-0.39, 0.29) is 11.8 Å². The monoisotopic (exact) mass is 327 g/mol. The molecule has 1 aromatic carbocycles. The molecule has 3 rings (SSSR count). The molecule has 2 aliphatic rings. The Morgan fingerprint density at radius 3 is 2.62 bits per heavy atom.